The van der Waals surface area contributed by atoms with E-state index in [1.54, 1.807) is 6.07 Å². The van der Waals surface area contributed by atoms with Gasteiger partial charge in [-0.05, 0) is 48.2 Å². The maximum absolute atomic E-state index is 13.0. The number of benzene rings is 2. The first-order valence-electron chi connectivity index (χ1n) is 5.93. The van der Waals surface area contributed by atoms with E-state index in [1.165, 1.54) is 12.1 Å². The topological polar surface area (TPSA) is 26.0 Å². The zero-order valence-corrected chi connectivity index (χ0v) is 12.0. The SMILES string of the molecule is Cc1ccc(CC(N)c2ccc(F)cc2Cl)c(Cl)c1. The summed E-state index contributed by atoms with van der Waals surface area (Å²) in [6.45, 7) is 1.98. The first-order chi connectivity index (χ1) is 8.97. The summed E-state index contributed by atoms with van der Waals surface area (Å²) in [4.78, 5) is 0. The Morgan fingerprint density at radius 2 is 1.84 bits per heavy atom. The Morgan fingerprint density at radius 3 is 2.47 bits per heavy atom. The van der Waals surface area contributed by atoms with E-state index in [0.29, 0.717) is 16.5 Å². The number of nitrogens with two attached hydrogens (primary N) is 1. The number of aryl methyl sites for hydroxylation is 1. The molecule has 2 aromatic carbocycles. The van der Waals surface area contributed by atoms with Crippen molar-refractivity contribution >= 4 is 23.2 Å². The highest BCUT2D eigenvalue weighted by molar-refractivity contribution is 6.31. The Morgan fingerprint density at radius 1 is 1.11 bits per heavy atom. The van der Waals surface area contributed by atoms with Crippen molar-refractivity contribution in [2.24, 2.45) is 5.73 Å². The molecular formula is C15H14Cl2FN. The molecule has 2 aromatic rings. The molecular weight excluding hydrogens is 284 g/mol. The molecule has 1 nitrogen and oxygen atoms in total. The summed E-state index contributed by atoms with van der Waals surface area (Å²) in [5.41, 5.74) is 8.90. The Bertz CT molecular complexity index is 599. The molecule has 0 saturated carbocycles. The van der Waals surface area contributed by atoms with E-state index in [2.05, 4.69) is 0 Å². The predicted octanol–water partition coefficient (Wildman–Crippen LogP) is 4.68. The molecule has 19 heavy (non-hydrogen) atoms. The molecule has 1 atom stereocenters. The first kappa shape index (κ1) is 14.3. The molecule has 0 bridgehead atoms. The lowest BCUT2D eigenvalue weighted by Crippen LogP contribution is -2.14. The van der Waals surface area contributed by atoms with Gasteiger partial charge in [-0.1, -0.05) is 41.4 Å². The fourth-order valence-electron chi connectivity index (χ4n) is 1.97. The maximum atomic E-state index is 13.0. The number of hydrogen-bond acceptors (Lipinski definition) is 1. The largest absolute Gasteiger partial charge is 0.324 e. The molecule has 2 N–H and O–H groups in total. The minimum atomic E-state index is -0.366. The molecule has 100 valence electrons. The fraction of sp³-hybridized carbons (Fsp3) is 0.200. The van der Waals surface area contributed by atoms with Gasteiger partial charge < -0.3 is 5.73 Å². The summed E-state index contributed by atoms with van der Waals surface area (Å²) in [6.07, 6.45) is 0.560. The van der Waals surface area contributed by atoms with E-state index in [1.807, 2.05) is 25.1 Å². The van der Waals surface area contributed by atoms with Crippen LogP contribution in [0.1, 0.15) is 22.7 Å². The van der Waals surface area contributed by atoms with E-state index < -0.39 is 0 Å². The normalized spacial score (nSPS) is 12.5. The lowest BCUT2D eigenvalue weighted by atomic mass is 9.99. The van der Waals surface area contributed by atoms with Gasteiger partial charge in [-0.25, -0.2) is 4.39 Å². The van der Waals surface area contributed by atoms with Crippen LogP contribution in [0, 0.1) is 12.7 Å². The Labute approximate surface area is 122 Å². The zero-order chi connectivity index (χ0) is 14.0. The molecule has 0 heterocycles. The summed E-state index contributed by atoms with van der Waals surface area (Å²) < 4.78 is 13.0. The second-order valence-electron chi connectivity index (χ2n) is 4.57. The molecule has 2 rings (SSSR count). The van der Waals surface area contributed by atoms with Gasteiger partial charge in [0.25, 0.3) is 0 Å². The van der Waals surface area contributed by atoms with Crippen molar-refractivity contribution in [1.82, 2.24) is 0 Å². The van der Waals surface area contributed by atoms with Gasteiger partial charge in [0.05, 0.1) is 0 Å². The number of hydrogen-bond donors (Lipinski definition) is 1. The number of rotatable bonds is 3. The third kappa shape index (κ3) is 3.47. The highest BCUT2D eigenvalue weighted by Crippen LogP contribution is 2.27. The van der Waals surface area contributed by atoms with E-state index in [4.69, 9.17) is 28.9 Å². The Hall–Kier alpha value is -1.09. The molecule has 0 aliphatic heterocycles. The first-order valence-corrected chi connectivity index (χ1v) is 6.68. The van der Waals surface area contributed by atoms with Gasteiger partial charge >= 0.3 is 0 Å². The Kier molecular flexibility index (Phi) is 4.46. The zero-order valence-electron chi connectivity index (χ0n) is 10.5. The van der Waals surface area contributed by atoms with Crippen molar-refractivity contribution < 1.29 is 4.39 Å². The van der Waals surface area contributed by atoms with Gasteiger partial charge in [-0.15, -0.1) is 0 Å². The van der Waals surface area contributed by atoms with Crippen LogP contribution in [-0.2, 0) is 6.42 Å². The second-order valence-corrected chi connectivity index (χ2v) is 5.39. The van der Waals surface area contributed by atoms with Gasteiger partial charge in [-0.3, -0.25) is 0 Å². The van der Waals surface area contributed by atoms with Crippen LogP contribution in [0.2, 0.25) is 10.0 Å². The van der Waals surface area contributed by atoms with E-state index >= 15 is 0 Å². The third-order valence-electron chi connectivity index (χ3n) is 3.01. The van der Waals surface area contributed by atoms with Crippen LogP contribution < -0.4 is 5.73 Å². The van der Waals surface area contributed by atoms with Crippen molar-refractivity contribution in [3.63, 3.8) is 0 Å². The van der Waals surface area contributed by atoms with E-state index in [9.17, 15) is 4.39 Å². The molecule has 0 aromatic heterocycles. The molecule has 0 saturated heterocycles. The van der Waals surface area contributed by atoms with Crippen LogP contribution >= 0.6 is 23.2 Å². The average Bonchev–Trinajstić information content (AvgIpc) is 2.32. The maximum Gasteiger partial charge on any atom is 0.124 e. The molecule has 0 amide bonds. The highest BCUT2D eigenvalue weighted by Gasteiger charge is 2.13. The van der Waals surface area contributed by atoms with Crippen molar-refractivity contribution in [2.45, 2.75) is 19.4 Å². The predicted molar refractivity (Wildman–Crippen MR) is 78.2 cm³/mol. The highest BCUT2D eigenvalue weighted by atomic mass is 35.5. The van der Waals surface area contributed by atoms with Crippen LogP contribution in [0.3, 0.4) is 0 Å². The molecule has 0 radical (unpaired) electrons. The van der Waals surface area contributed by atoms with Gasteiger partial charge in [0.2, 0.25) is 0 Å². The lowest BCUT2D eigenvalue weighted by molar-refractivity contribution is 0.624. The van der Waals surface area contributed by atoms with Crippen LogP contribution in [-0.4, -0.2) is 0 Å². The van der Waals surface area contributed by atoms with E-state index in [0.717, 1.165) is 16.7 Å². The van der Waals surface area contributed by atoms with E-state index in [-0.39, 0.29) is 11.9 Å². The molecule has 4 heteroatoms. The van der Waals surface area contributed by atoms with Gasteiger partial charge in [0, 0.05) is 16.1 Å². The van der Waals surface area contributed by atoms with Crippen LogP contribution in [0.5, 0.6) is 0 Å². The van der Waals surface area contributed by atoms with Crippen molar-refractivity contribution in [2.75, 3.05) is 0 Å². The molecule has 0 aliphatic rings. The van der Waals surface area contributed by atoms with Crippen molar-refractivity contribution in [3.05, 3.63) is 69.0 Å². The summed E-state index contributed by atoms with van der Waals surface area (Å²) in [7, 11) is 0. The average molecular weight is 298 g/mol. The Balaban J connectivity index is 2.23. The third-order valence-corrected chi connectivity index (χ3v) is 3.69. The van der Waals surface area contributed by atoms with Gasteiger partial charge in [0.15, 0.2) is 0 Å². The number of halogens is 3. The summed E-state index contributed by atoms with van der Waals surface area (Å²) in [5.74, 6) is -0.366. The quantitative estimate of drug-likeness (QED) is 0.874. The van der Waals surface area contributed by atoms with Gasteiger partial charge in [-0.2, -0.15) is 0 Å². The van der Waals surface area contributed by atoms with Gasteiger partial charge in [0.1, 0.15) is 5.82 Å². The van der Waals surface area contributed by atoms with Crippen molar-refractivity contribution in [1.29, 1.82) is 0 Å². The summed E-state index contributed by atoms with van der Waals surface area (Å²) in [6, 6.07) is 9.77. The smallest absolute Gasteiger partial charge is 0.124 e. The molecule has 0 spiro atoms. The van der Waals surface area contributed by atoms with Crippen molar-refractivity contribution in [3.8, 4) is 0 Å². The fourth-order valence-corrected chi connectivity index (χ4v) is 2.59. The standard InChI is InChI=1S/C15H14Cl2FN/c1-9-2-3-10(13(16)6-9)7-15(19)12-5-4-11(18)8-14(12)17/h2-6,8,15H,7,19H2,1H3. The lowest BCUT2D eigenvalue weighted by Gasteiger charge is -2.15. The monoisotopic (exact) mass is 297 g/mol. The summed E-state index contributed by atoms with van der Waals surface area (Å²) >= 11 is 12.2. The minimum absolute atomic E-state index is 0.312. The molecule has 0 fully saturated rings. The van der Waals surface area contributed by atoms with Crippen LogP contribution in [0.25, 0.3) is 0 Å². The minimum Gasteiger partial charge on any atom is -0.324 e. The van der Waals surface area contributed by atoms with Crippen LogP contribution in [0.15, 0.2) is 36.4 Å². The molecule has 0 aliphatic carbocycles. The second kappa shape index (κ2) is 5.91. The summed E-state index contributed by atoms with van der Waals surface area (Å²) in [5, 5.41) is 1.03. The molecule has 1 unspecified atom stereocenters. The van der Waals surface area contributed by atoms with Crippen LogP contribution in [0.4, 0.5) is 4.39 Å².